The lowest BCUT2D eigenvalue weighted by Crippen LogP contribution is -2.37. The minimum atomic E-state index is -0.112. The molecule has 0 radical (unpaired) electrons. The number of thiazole rings is 1. The van der Waals surface area contributed by atoms with Crippen LogP contribution in [0.15, 0.2) is 0 Å². The molecular weight excluding hydrogens is 310 g/mol. The molecule has 23 heavy (non-hydrogen) atoms. The third kappa shape index (κ3) is 4.91. The molecule has 1 aromatic rings. The molecule has 2 rings (SSSR count). The second kappa shape index (κ2) is 7.62. The topological polar surface area (TPSA) is 54.5 Å². The van der Waals surface area contributed by atoms with Gasteiger partial charge in [0.15, 0.2) is 0 Å². The molecule has 1 fully saturated rings. The minimum absolute atomic E-state index is 0.0148. The molecule has 1 saturated heterocycles. The van der Waals surface area contributed by atoms with E-state index in [-0.39, 0.29) is 11.6 Å². The predicted octanol–water partition coefficient (Wildman–Crippen LogP) is 4.07. The first kappa shape index (κ1) is 18.2. The second-order valence-corrected chi connectivity index (χ2v) is 8.23. The number of hydrogen-bond donors (Lipinski definition) is 1. The van der Waals surface area contributed by atoms with Crippen LogP contribution in [0.25, 0.3) is 0 Å². The van der Waals surface area contributed by atoms with Gasteiger partial charge in [-0.25, -0.2) is 9.78 Å². The van der Waals surface area contributed by atoms with Gasteiger partial charge in [-0.05, 0) is 45.4 Å². The number of methoxy groups -OCH3 is 1. The molecule has 6 heteroatoms. The van der Waals surface area contributed by atoms with Crippen LogP contribution in [0.5, 0.6) is 0 Å². The molecule has 1 aliphatic heterocycles. The first-order valence-electron chi connectivity index (χ1n) is 8.40. The van der Waals surface area contributed by atoms with E-state index < -0.39 is 0 Å². The SMILES string of the molecule is COC1(C)CCCN(C(=O)Nc2sc(C)nc2CC(C)C)CC1. The maximum absolute atomic E-state index is 12.6. The number of aromatic nitrogens is 1. The number of rotatable bonds is 4. The van der Waals surface area contributed by atoms with Crippen molar-refractivity contribution >= 4 is 22.4 Å². The highest BCUT2D eigenvalue weighted by Gasteiger charge is 2.29. The Morgan fingerprint density at radius 3 is 2.83 bits per heavy atom. The molecule has 5 nitrogen and oxygen atoms in total. The van der Waals surface area contributed by atoms with E-state index in [0.717, 1.165) is 54.5 Å². The summed E-state index contributed by atoms with van der Waals surface area (Å²) in [5, 5.41) is 4.98. The zero-order valence-electron chi connectivity index (χ0n) is 14.9. The summed E-state index contributed by atoms with van der Waals surface area (Å²) < 4.78 is 5.60. The first-order chi connectivity index (χ1) is 10.8. The first-order valence-corrected chi connectivity index (χ1v) is 9.22. The average molecular weight is 340 g/mol. The van der Waals surface area contributed by atoms with Gasteiger partial charge in [-0.15, -0.1) is 11.3 Å². The summed E-state index contributed by atoms with van der Waals surface area (Å²) in [6, 6.07) is -0.0148. The van der Waals surface area contributed by atoms with Gasteiger partial charge in [0, 0.05) is 20.2 Å². The molecule has 0 bridgehead atoms. The molecule has 1 atom stereocenters. The second-order valence-electron chi connectivity index (χ2n) is 7.03. The van der Waals surface area contributed by atoms with Gasteiger partial charge < -0.3 is 9.64 Å². The molecular formula is C17H29N3O2S. The summed E-state index contributed by atoms with van der Waals surface area (Å²) >= 11 is 1.56. The predicted molar refractivity (Wildman–Crippen MR) is 95.2 cm³/mol. The van der Waals surface area contributed by atoms with E-state index in [9.17, 15) is 4.79 Å². The third-order valence-electron chi connectivity index (χ3n) is 4.45. The van der Waals surface area contributed by atoms with Crippen molar-refractivity contribution in [2.75, 3.05) is 25.5 Å². The van der Waals surface area contributed by atoms with E-state index in [1.165, 1.54) is 0 Å². The van der Waals surface area contributed by atoms with Crippen LogP contribution < -0.4 is 5.32 Å². The van der Waals surface area contributed by atoms with Crippen LogP contribution in [0.3, 0.4) is 0 Å². The Labute approximate surface area is 143 Å². The smallest absolute Gasteiger partial charge is 0.322 e. The summed E-state index contributed by atoms with van der Waals surface area (Å²) in [6.07, 6.45) is 3.73. The van der Waals surface area contributed by atoms with Gasteiger partial charge in [-0.3, -0.25) is 5.32 Å². The number of likely N-dealkylation sites (tertiary alicyclic amines) is 1. The number of aryl methyl sites for hydroxylation is 1. The number of nitrogens with zero attached hydrogens (tertiary/aromatic N) is 2. The number of anilines is 1. The van der Waals surface area contributed by atoms with Gasteiger partial charge in [0.1, 0.15) is 5.00 Å². The van der Waals surface area contributed by atoms with Crippen LogP contribution in [0, 0.1) is 12.8 Å². The maximum Gasteiger partial charge on any atom is 0.322 e. The molecule has 0 spiro atoms. The highest BCUT2D eigenvalue weighted by molar-refractivity contribution is 7.16. The van der Waals surface area contributed by atoms with Crippen molar-refractivity contribution in [2.24, 2.45) is 5.92 Å². The van der Waals surface area contributed by atoms with Crippen LogP contribution in [0.4, 0.5) is 9.80 Å². The fourth-order valence-corrected chi connectivity index (χ4v) is 3.76. The van der Waals surface area contributed by atoms with Crippen molar-refractivity contribution in [3.8, 4) is 0 Å². The fourth-order valence-electron chi connectivity index (χ4n) is 2.93. The molecule has 1 unspecified atom stereocenters. The highest BCUT2D eigenvalue weighted by Crippen LogP contribution is 2.28. The lowest BCUT2D eigenvalue weighted by atomic mass is 9.97. The number of urea groups is 1. The van der Waals surface area contributed by atoms with E-state index in [2.05, 4.69) is 31.1 Å². The highest BCUT2D eigenvalue weighted by atomic mass is 32.1. The fraction of sp³-hybridized carbons (Fsp3) is 0.765. The number of carbonyl (C=O) groups is 1. The van der Waals surface area contributed by atoms with Crippen molar-refractivity contribution in [1.29, 1.82) is 0 Å². The Morgan fingerprint density at radius 1 is 1.43 bits per heavy atom. The molecule has 2 heterocycles. The van der Waals surface area contributed by atoms with Crippen molar-refractivity contribution < 1.29 is 9.53 Å². The molecule has 0 aliphatic carbocycles. The molecule has 1 aliphatic rings. The van der Waals surface area contributed by atoms with Gasteiger partial charge in [-0.1, -0.05) is 13.8 Å². The Hall–Kier alpha value is -1.14. The average Bonchev–Trinajstić information content (AvgIpc) is 2.70. The van der Waals surface area contributed by atoms with Crippen molar-refractivity contribution in [2.45, 2.75) is 59.0 Å². The van der Waals surface area contributed by atoms with Crippen LogP contribution in [-0.4, -0.2) is 41.7 Å². The quantitative estimate of drug-likeness (QED) is 0.899. The normalized spacial score (nSPS) is 22.3. The summed E-state index contributed by atoms with van der Waals surface area (Å²) in [6.45, 7) is 9.96. The number of amides is 2. The number of ether oxygens (including phenoxy) is 1. The largest absolute Gasteiger partial charge is 0.378 e. The van der Waals surface area contributed by atoms with Crippen molar-refractivity contribution in [3.05, 3.63) is 10.7 Å². The van der Waals surface area contributed by atoms with E-state index in [1.807, 2.05) is 11.8 Å². The van der Waals surface area contributed by atoms with Gasteiger partial charge in [0.25, 0.3) is 0 Å². The molecule has 2 amide bonds. The maximum atomic E-state index is 12.6. The molecule has 1 N–H and O–H groups in total. The summed E-state index contributed by atoms with van der Waals surface area (Å²) in [5.41, 5.74) is 0.895. The number of nitrogens with one attached hydrogen (secondary N) is 1. The van der Waals surface area contributed by atoms with Gasteiger partial charge in [0.05, 0.1) is 16.3 Å². The van der Waals surface area contributed by atoms with Crippen LogP contribution >= 0.6 is 11.3 Å². The number of hydrogen-bond acceptors (Lipinski definition) is 4. The van der Waals surface area contributed by atoms with Crippen LogP contribution in [0.1, 0.15) is 50.7 Å². The summed E-state index contributed by atoms with van der Waals surface area (Å²) in [5.74, 6) is 0.521. The summed E-state index contributed by atoms with van der Waals surface area (Å²) in [7, 11) is 1.76. The molecule has 0 saturated carbocycles. The monoisotopic (exact) mass is 339 g/mol. The lowest BCUT2D eigenvalue weighted by molar-refractivity contribution is -0.00491. The zero-order valence-corrected chi connectivity index (χ0v) is 15.8. The van der Waals surface area contributed by atoms with Crippen LogP contribution in [-0.2, 0) is 11.2 Å². The summed E-state index contributed by atoms with van der Waals surface area (Å²) in [4.78, 5) is 19.1. The Balaban J connectivity index is 2.02. The Morgan fingerprint density at radius 2 is 2.17 bits per heavy atom. The van der Waals surface area contributed by atoms with E-state index in [0.29, 0.717) is 5.92 Å². The lowest BCUT2D eigenvalue weighted by Gasteiger charge is -2.26. The van der Waals surface area contributed by atoms with E-state index >= 15 is 0 Å². The van der Waals surface area contributed by atoms with Gasteiger partial charge >= 0.3 is 6.03 Å². The van der Waals surface area contributed by atoms with E-state index in [4.69, 9.17) is 4.74 Å². The third-order valence-corrected chi connectivity index (χ3v) is 5.38. The Bertz CT molecular complexity index is 544. The standard InChI is InChI=1S/C17H29N3O2S/c1-12(2)11-14-15(23-13(3)18-14)19-16(21)20-9-6-7-17(4,22-5)8-10-20/h12H,6-11H2,1-5H3,(H,19,21). The van der Waals surface area contributed by atoms with Gasteiger partial charge in [-0.2, -0.15) is 0 Å². The zero-order chi connectivity index (χ0) is 17.0. The molecule has 130 valence electrons. The van der Waals surface area contributed by atoms with E-state index in [1.54, 1.807) is 18.4 Å². The Kier molecular flexibility index (Phi) is 6.03. The minimum Gasteiger partial charge on any atom is -0.378 e. The number of carbonyl (C=O) groups excluding carboxylic acids is 1. The van der Waals surface area contributed by atoms with Crippen LogP contribution in [0.2, 0.25) is 0 Å². The van der Waals surface area contributed by atoms with Crippen molar-refractivity contribution in [1.82, 2.24) is 9.88 Å². The van der Waals surface area contributed by atoms with Gasteiger partial charge in [0.2, 0.25) is 0 Å². The molecule has 0 aromatic carbocycles. The van der Waals surface area contributed by atoms with Crippen molar-refractivity contribution in [3.63, 3.8) is 0 Å². The molecule has 1 aromatic heterocycles.